The third kappa shape index (κ3) is 25.8. The highest BCUT2D eigenvalue weighted by molar-refractivity contribution is 8.34. The molecule has 1 spiro atoms. The molecule has 0 aromatic carbocycles. The Bertz CT molecular complexity index is 1390. The molecule has 349 valence electrons. The largest absolute Gasteiger partial charge is 0.620 e. The topological polar surface area (TPSA) is 126 Å². The number of hydrogen-bond acceptors (Lipinski definition) is 11. The van der Waals surface area contributed by atoms with Crippen LogP contribution in [0.5, 0.6) is 0 Å². The summed E-state index contributed by atoms with van der Waals surface area (Å²) in [5.41, 5.74) is 1.16. The fraction of sp³-hybridized carbons (Fsp3) is 0.900. The van der Waals surface area contributed by atoms with Gasteiger partial charge in [0.15, 0.2) is 16.6 Å². The summed E-state index contributed by atoms with van der Waals surface area (Å²) in [6.07, 6.45) is 14.0. The number of carbonyl (C=O) groups is 2. The van der Waals surface area contributed by atoms with Crippen molar-refractivity contribution >= 4 is 102 Å². The predicted molar refractivity (Wildman–Crippen MR) is 271 cm³/mol. The van der Waals surface area contributed by atoms with Crippen LogP contribution in [0.4, 0.5) is 0 Å². The van der Waals surface area contributed by atoms with E-state index in [0.717, 1.165) is 89.4 Å². The van der Waals surface area contributed by atoms with Gasteiger partial charge in [0.05, 0.1) is 19.1 Å². The van der Waals surface area contributed by atoms with E-state index in [9.17, 15) is 19.4 Å². The van der Waals surface area contributed by atoms with Crippen LogP contribution in [0, 0.1) is 29.1 Å². The SMILES string of the molecule is C.C.C.C.C=C(C)C(=O)OCCC1CCC2(CC1)CC2[P+]([O-])=S=S.CC(C[Si](C)(O[Si](C)O[Si](C)(C)C)O[Si](C)(C)C)C(=O)OCCC1CCC(CC[P+]([O-])=S=S)CC1. The zero-order chi connectivity index (χ0) is 41.6. The van der Waals surface area contributed by atoms with E-state index in [2.05, 4.69) is 52.4 Å². The Kier molecular flexibility index (Phi) is 32.7. The van der Waals surface area contributed by atoms with Gasteiger partial charge in [-0.1, -0.05) is 68.9 Å². The summed E-state index contributed by atoms with van der Waals surface area (Å²) in [4.78, 5) is 47.5. The molecule has 0 heterocycles. The van der Waals surface area contributed by atoms with Gasteiger partial charge in [0.2, 0.25) is 0 Å². The van der Waals surface area contributed by atoms with Crippen LogP contribution in [0.1, 0.15) is 121 Å². The number of carbonyl (C=O) groups excluding carboxylic acids is 2. The molecule has 19 heteroatoms. The summed E-state index contributed by atoms with van der Waals surface area (Å²) in [6.45, 7) is 22.8. The Morgan fingerprint density at radius 2 is 1.31 bits per heavy atom. The minimum Gasteiger partial charge on any atom is -0.620 e. The maximum atomic E-state index is 12.8. The van der Waals surface area contributed by atoms with Crippen molar-refractivity contribution in [1.29, 1.82) is 0 Å². The van der Waals surface area contributed by atoms with Crippen molar-refractivity contribution in [3.05, 3.63) is 12.2 Å². The lowest BCUT2D eigenvalue weighted by molar-refractivity contribution is -0.153. The van der Waals surface area contributed by atoms with Crippen LogP contribution in [0.2, 0.25) is 58.4 Å². The first-order valence-electron chi connectivity index (χ1n) is 19.9. The van der Waals surface area contributed by atoms with E-state index in [-0.39, 0.29) is 47.6 Å². The Morgan fingerprint density at radius 1 is 0.814 bits per heavy atom. The molecule has 1 radical (unpaired) electrons. The Hall–Kier alpha value is 0.828. The van der Waals surface area contributed by atoms with Gasteiger partial charge in [-0.05, 0) is 122 Å². The van der Waals surface area contributed by atoms with Gasteiger partial charge in [-0.25, -0.2) is 4.79 Å². The molecule has 3 aliphatic carbocycles. The zero-order valence-electron chi connectivity index (χ0n) is 35.1. The highest BCUT2D eigenvalue weighted by Crippen LogP contribution is 2.65. The molecular formula is C40H85O9P2S4Si4. The van der Waals surface area contributed by atoms with E-state index >= 15 is 0 Å². The van der Waals surface area contributed by atoms with Crippen molar-refractivity contribution in [3.63, 3.8) is 0 Å². The molecule has 59 heavy (non-hydrogen) atoms. The van der Waals surface area contributed by atoms with E-state index in [4.69, 9.17) is 44.2 Å². The van der Waals surface area contributed by atoms with Gasteiger partial charge in [0, 0.05) is 45.8 Å². The third-order valence-electron chi connectivity index (χ3n) is 10.6. The highest BCUT2D eigenvalue weighted by atomic mass is 32.9. The van der Waals surface area contributed by atoms with Crippen LogP contribution in [0.25, 0.3) is 0 Å². The normalized spacial score (nSPS) is 24.4. The molecule has 0 aliphatic heterocycles. The van der Waals surface area contributed by atoms with Crippen molar-refractivity contribution in [2.24, 2.45) is 29.1 Å². The van der Waals surface area contributed by atoms with E-state index < -0.39 is 48.3 Å². The van der Waals surface area contributed by atoms with E-state index in [1.165, 1.54) is 12.8 Å². The second kappa shape index (κ2) is 30.1. The number of ether oxygens (including phenoxy) is 2. The van der Waals surface area contributed by atoms with Crippen molar-refractivity contribution in [2.45, 2.75) is 185 Å². The Labute approximate surface area is 385 Å². The van der Waals surface area contributed by atoms with Crippen LogP contribution < -0.4 is 9.79 Å². The van der Waals surface area contributed by atoms with Crippen LogP contribution in [-0.4, -0.2) is 71.5 Å². The Balaban J connectivity index is -0.00000112. The number of esters is 2. The number of rotatable bonds is 20. The molecule has 3 saturated carbocycles. The van der Waals surface area contributed by atoms with Gasteiger partial charge in [-0.3, -0.25) is 4.79 Å². The van der Waals surface area contributed by atoms with Gasteiger partial charge in [-0.15, -0.1) is 0 Å². The van der Waals surface area contributed by atoms with Crippen molar-refractivity contribution in [2.75, 3.05) is 19.4 Å². The summed E-state index contributed by atoms with van der Waals surface area (Å²) in [7, 11) is -5.42. The average Bonchev–Trinajstić information content (AvgIpc) is 3.79. The summed E-state index contributed by atoms with van der Waals surface area (Å²) in [5.74, 6) is 1.20. The van der Waals surface area contributed by atoms with E-state index in [1.807, 2.05) is 13.5 Å². The lowest BCUT2D eigenvalue weighted by Crippen LogP contribution is -2.53. The minimum absolute atomic E-state index is 0. The molecule has 0 bridgehead atoms. The van der Waals surface area contributed by atoms with Crippen LogP contribution in [0.3, 0.4) is 0 Å². The molecule has 0 aromatic heterocycles. The summed E-state index contributed by atoms with van der Waals surface area (Å²) < 4.78 is 30.1. The molecule has 5 atom stereocenters. The first kappa shape index (κ1) is 64.1. The van der Waals surface area contributed by atoms with Crippen molar-refractivity contribution < 1.29 is 41.2 Å². The number of hydrogen-bond donors (Lipinski definition) is 0. The van der Waals surface area contributed by atoms with E-state index in [1.54, 1.807) is 6.92 Å². The lowest BCUT2D eigenvalue weighted by atomic mass is 9.78. The fourth-order valence-electron chi connectivity index (χ4n) is 7.95. The van der Waals surface area contributed by atoms with Gasteiger partial charge < -0.3 is 31.6 Å². The monoisotopic (exact) mass is 1010 g/mol. The summed E-state index contributed by atoms with van der Waals surface area (Å²) in [5, 5.41) is 0. The quantitative estimate of drug-likeness (QED) is 0.0501. The van der Waals surface area contributed by atoms with Crippen LogP contribution in [0.15, 0.2) is 12.2 Å². The minimum atomic E-state index is -2.60. The first-order chi connectivity index (χ1) is 25.5. The Morgan fingerprint density at radius 3 is 1.76 bits per heavy atom. The van der Waals surface area contributed by atoms with Crippen LogP contribution >= 0.6 is 13.8 Å². The molecular weight excluding hydrogens is 927 g/mol. The second-order valence-corrected chi connectivity index (χ2v) is 41.2. The average molecular weight is 1010 g/mol. The second-order valence-electron chi connectivity index (χ2n) is 18.1. The van der Waals surface area contributed by atoms with Gasteiger partial charge in [0.1, 0.15) is 44.7 Å². The molecule has 0 N–H and O–H groups in total. The molecule has 5 unspecified atom stereocenters. The first-order valence-corrected chi connectivity index (χ1v) is 38.5. The smallest absolute Gasteiger partial charge is 0.360 e. The molecule has 3 aliphatic rings. The highest BCUT2D eigenvalue weighted by Gasteiger charge is 2.61. The maximum Gasteiger partial charge on any atom is 0.360 e. The summed E-state index contributed by atoms with van der Waals surface area (Å²) in [6, 6.07) is 0.586. The van der Waals surface area contributed by atoms with Gasteiger partial charge in [-0.2, -0.15) is 0 Å². The lowest BCUT2D eigenvalue weighted by Gasteiger charge is -2.37. The van der Waals surface area contributed by atoms with Gasteiger partial charge in [0.25, 0.3) is 0 Å². The molecule has 0 amide bonds. The fourth-order valence-corrected chi connectivity index (χ4v) is 27.4. The molecule has 3 rings (SSSR count). The van der Waals surface area contributed by atoms with E-state index in [0.29, 0.717) is 53.7 Å². The zero-order valence-corrected chi connectivity index (χ0v) is 44.2. The molecule has 9 nitrogen and oxygen atoms in total. The van der Waals surface area contributed by atoms with Gasteiger partial charge >= 0.3 is 29.8 Å². The summed E-state index contributed by atoms with van der Waals surface area (Å²) >= 11 is 9.66. The van der Waals surface area contributed by atoms with Crippen molar-refractivity contribution in [3.8, 4) is 0 Å². The molecule has 3 fully saturated rings. The third-order valence-corrected chi connectivity index (χ3v) is 29.9. The molecule has 0 saturated heterocycles. The predicted octanol–water partition coefficient (Wildman–Crippen LogP) is 11.1. The molecule has 0 aromatic rings. The maximum absolute atomic E-state index is 12.8. The van der Waals surface area contributed by atoms with Crippen LogP contribution in [-0.2, 0) is 72.8 Å². The van der Waals surface area contributed by atoms with Crippen molar-refractivity contribution in [1.82, 2.24) is 0 Å². The standard InChI is InChI=1S/C22H48O6PS2Si4.C14H21O3PS2.4CH4/c1-19(18-35(9,28-34(6,7)8)27-32(2)26-33(3,4)5)22(23)25-16-14-20-10-12-21(13-11-20)15-17-29(24)31-30;1-10(2)13(15)17-8-5-11-3-6-14(7-4-11)9-12(14)18(16)20-19;;;;/h19-21H,10-18H2,1-9H3;11-12H,1,3-9H2,2H3;4*1H4.